The second kappa shape index (κ2) is 9.45. The van der Waals surface area contributed by atoms with Gasteiger partial charge in [0.05, 0.1) is 19.4 Å². The van der Waals surface area contributed by atoms with Crippen molar-refractivity contribution < 1.29 is 14.3 Å². The number of hydrogen-bond acceptors (Lipinski definition) is 5. The molecule has 1 aromatic carbocycles. The van der Waals surface area contributed by atoms with Gasteiger partial charge >= 0.3 is 0 Å². The fraction of sp³-hybridized carbons (Fsp3) is 0.500. The Morgan fingerprint density at radius 3 is 2.52 bits per heavy atom. The molecule has 3 heterocycles. The number of pyridine rings is 1. The summed E-state index contributed by atoms with van der Waals surface area (Å²) >= 11 is 0. The van der Waals surface area contributed by atoms with E-state index in [-0.39, 0.29) is 11.5 Å². The molecule has 0 bridgehead atoms. The van der Waals surface area contributed by atoms with Crippen LogP contribution >= 0.6 is 0 Å². The average molecular weight is 426 g/mol. The fourth-order valence-electron chi connectivity index (χ4n) is 4.61. The zero-order valence-corrected chi connectivity index (χ0v) is 18.4. The van der Waals surface area contributed by atoms with Gasteiger partial charge in [0.1, 0.15) is 17.1 Å². The molecule has 1 fully saturated rings. The summed E-state index contributed by atoms with van der Waals surface area (Å²) in [5.41, 5.74) is 2.37. The second-order valence-corrected chi connectivity index (χ2v) is 8.01. The van der Waals surface area contributed by atoms with E-state index in [2.05, 4.69) is 11.0 Å². The Morgan fingerprint density at radius 1 is 1.00 bits per heavy atom. The van der Waals surface area contributed by atoms with Gasteiger partial charge in [-0.15, -0.1) is 0 Å². The van der Waals surface area contributed by atoms with Crippen LogP contribution in [0.25, 0.3) is 0 Å². The lowest BCUT2D eigenvalue weighted by molar-refractivity contribution is 0.0740. The molecule has 1 saturated heterocycles. The number of para-hydroxylation sites is 2. The molecule has 0 spiro atoms. The highest BCUT2D eigenvalue weighted by molar-refractivity contribution is 5.98. The van der Waals surface area contributed by atoms with Crippen molar-refractivity contribution in [3.8, 4) is 11.5 Å². The fourth-order valence-corrected chi connectivity index (χ4v) is 4.61. The summed E-state index contributed by atoms with van der Waals surface area (Å²) in [4.78, 5) is 30.3. The molecule has 1 amide bonds. The van der Waals surface area contributed by atoms with E-state index in [4.69, 9.17) is 9.47 Å². The van der Waals surface area contributed by atoms with Gasteiger partial charge in [-0.05, 0) is 38.3 Å². The van der Waals surface area contributed by atoms with Gasteiger partial charge in [0.25, 0.3) is 11.5 Å². The molecular formula is C24H31N3O4. The predicted molar refractivity (Wildman–Crippen MR) is 121 cm³/mol. The molecule has 0 N–H and O–H groups in total. The molecule has 1 aromatic heterocycles. The normalized spacial score (nSPS) is 16.5. The first-order valence-electron chi connectivity index (χ1n) is 11.2. The number of piperazine rings is 1. The van der Waals surface area contributed by atoms with E-state index < -0.39 is 0 Å². The first-order valence-corrected chi connectivity index (χ1v) is 11.2. The molecular weight excluding hydrogens is 394 g/mol. The van der Waals surface area contributed by atoms with E-state index >= 15 is 0 Å². The Kier molecular flexibility index (Phi) is 6.49. The summed E-state index contributed by atoms with van der Waals surface area (Å²) < 4.78 is 13.0. The Balaban J connectivity index is 1.57. The van der Waals surface area contributed by atoms with Crippen molar-refractivity contribution in [2.75, 3.05) is 44.8 Å². The number of methoxy groups -OCH3 is 1. The number of hydrogen-bond donors (Lipinski definition) is 0. The third kappa shape index (κ3) is 4.27. The number of benzene rings is 1. The number of carbonyl (C=O) groups is 1. The van der Waals surface area contributed by atoms with E-state index in [0.717, 1.165) is 55.9 Å². The molecule has 7 heteroatoms. The van der Waals surface area contributed by atoms with Gasteiger partial charge in [0, 0.05) is 44.5 Å². The summed E-state index contributed by atoms with van der Waals surface area (Å²) in [6.45, 7) is 5.95. The Labute approximate surface area is 183 Å². The van der Waals surface area contributed by atoms with Gasteiger partial charge in [-0.1, -0.05) is 18.6 Å². The number of carbonyl (C=O) groups excluding carboxylic acids is 1. The number of fused-ring (bicyclic) bond motifs is 1. The number of anilines is 1. The zero-order chi connectivity index (χ0) is 21.8. The molecule has 2 aliphatic heterocycles. The number of ether oxygens (including phenoxy) is 2. The van der Waals surface area contributed by atoms with E-state index in [1.54, 1.807) is 4.57 Å². The van der Waals surface area contributed by atoms with E-state index in [1.807, 2.05) is 30.0 Å². The average Bonchev–Trinajstić information content (AvgIpc) is 3.06. The maximum Gasteiger partial charge on any atom is 0.259 e. The van der Waals surface area contributed by atoms with Crippen molar-refractivity contribution in [2.24, 2.45) is 0 Å². The lowest BCUT2D eigenvalue weighted by Gasteiger charge is -2.37. The largest absolute Gasteiger partial charge is 0.496 e. The van der Waals surface area contributed by atoms with Crippen LogP contribution in [0.15, 0.2) is 35.1 Å². The Hall–Kier alpha value is -2.96. The highest BCUT2D eigenvalue weighted by Gasteiger charge is 2.29. The lowest BCUT2D eigenvalue weighted by Crippen LogP contribution is -2.49. The van der Waals surface area contributed by atoms with Gasteiger partial charge < -0.3 is 23.8 Å². The number of rotatable bonds is 5. The highest BCUT2D eigenvalue weighted by atomic mass is 16.5. The van der Waals surface area contributed by atoms with Crippen LogP contribution in [0, 0.1) is 0 Å². The first kappa shape index (κ1) is 21.3. The van der Waals surface area contributed by atoms with Crippen LogP contribution in [0.4, 0.5) is 5.69 Å². The van der Waals surface area contributed by atoms with Crippen molar-refractivity contribution in [2.45, 2.75) is 39.2 Å². The molecule has 0 unspecified atom stereocenters. The summed E-state index contributed by atoms with van der Waals surface area (Å²) in [5, 5.41) is 0. The molecule has 2 aliphatic rings. The molecule has 2 aromatic rings. The van der Waals surface area contributed by atoms with Crippen molar-refractivity contribution >= 4 is 11.6 Å². The van der Waals surface area contributed by atoms with Crippen molar-refractivity contribution in [3.05, 3.63) is 51.9 Å². The molecule has 31 heavy (non-hydrogen) atoms. The zero-order valence-electron chi connectivity index (χ0n) is 18.4. The van der Waals surface area contributed by atoms with Crippen LogP contribution in [-0.2, 0) is 13.0 Å². The summed E-state index contributed by atoms with van der Waals surface area (Å²) in [7, 11) is 1.53. The maximum absolute atomic E-state index is 13.6. The molecule has 0 aliphatic carbocycles. The van der Waals surface area contributed by atoms with Crippen molar-refractivity contribution in [3.63, 3.8) is 0 Å². The predicted octanol–water partition coefficient (Wildman–Crippen LogP) is 2.94. The third-order valence-corrected chi connectivity index (χ3v) is 6.18. The highest BCUT2D eigenvalue weighted by Crippen LogP contribution is 2.30. The van der Waals surface area contributed by atoms with Crippen LogP contribution in [0.2, 0.25) is 0 Å². The summed E-state index contributed by atoms with van der Waals surface area (Å²) in [6.07, 6.45) is 3.74. The lowest BCUT2D eigenvalue weighted by atomic mass is 10.1. The summed E-state index contributed by atoms with van der Waals surface area (Å²) in [5.74, 6) is 1.23. The molecule has 0 radical (unpaired) electrons. The third-order valence-electron chi connectivity index (χ3n) is 6.18. The van der Waals surface area contributed by atoms with Gasteiger partial charge in [-0.2, -0.15) is 0 Å². The van der Waals surface area contributed by atoms with E-state index in [1.165, 1.54) is 13.2 Å². The smallest absolute Gasteiger partial charge is 0.259 e. The minimum atomic E-state index is -0.0809. The van der Waals surface area contributed by atoms with Crippen LogP contribution in [-0.4, -0.2) is 55.3 Å². The SMILES string of the molecule is CCOc1ccccc1N1CCN(C(=O)c2c(OC)cc(=O)n3c2CCCCC3)CC1. The van der Waals surface area contributed by atoms with Crippen LogP contribution in [0.5, 0.6) is 11.5 Å². The van der Waals surface area contributed by atoms with Gasteiger partial charge in [0.2, 0.25) is 0 Å². The second-order valence-electron chi connectivity index (χ2n) is 8.01. The van der Waals surface area contributed by atoms with Crippen molar-refractivity contribution in [1.29, 1.82) is 0 Å². The quantitative estimate of drug-likeness (QED) is 0.737. The van der Waals surface area contributed by atoms with Crippen LogP contribution in [0.1, 0.15) is 42.2 Å². The van der Waals surface area contributed by atoms with Gasteiger partial charge in [-0.3, -0.25) is 9.59 Å². The molecule has 0 saturated carbocycles. The number of nitrogens with zero attached hydrogens (tertiary/aromatic N) is 3. The molecule has 166 valence electrons. The van der Waals surface area contributed by atoms with Crippen molar-refractivity contribution in [1.82, 2.24) is 9.47 Å². The first-order chi connectivity index (χ1) is 15.1. The standard InChI is InChI=1S/C24H31N3O4/c1-3-31-20-11-7-6-9-18(20)25-13-15-26(16-14-25)24(29)23-19-10-5-4-8-12-27(19)22(28)17-21(23)30-2/h6-7,9,11,17H,3-5,8,10,12-16H2,1-2H3. The maximum atomic E-state index is 13.6. The minimum absolute atomic E-state index is 0.0414. The molecule has 4 rings (SSSR count). The number of amides is 1. The minimum Gasteiger partial charge on any atom is -0.496 e. The Bertz CT molecular complexity index is 993. The van der Waals surface area contributed by atoms with E-state index in [0.29, 0.717) is 37.6 Å². The molecule has 7 nitrogen and oxygen atoms in total. The molecule has 0 atom stereocenters. The van der Waals surface area contributed by atoms with E-state index in [9.17, 15) is 9.59 Å². The number of aromatic nitrogens is 1. The Morgan fingerprint density at radius 2 is 1.77 bits per heavy atom. The monoisotopic (exact) mass is 425 g/mol. The van der Waals surface area contributed by atoms with Gasteiger partial charge in [-0.25, -0.2) is 0 Å². The van der Waals surface area contributed by atoms with Crippen LogP contribution in [0.3, 0.4) is 0 Å². The van der Waals surface area contributed by atoms with Gasteiger partial charge in [0.15, 0.2) is 0 Å². The van der Waals surface area contributed by atoms with Crippen LogP contribution < -0.4 is 19.9 Å². The summed E-state index contributed by atoms with van der Waals surface area (Å²) in [6, 6.07) is 9.50. The topological polar surface area (TPSA) is 64.0 Å².